The van der Waals surface area contributed by atoms with E-state index in [1.54, 1.807) is 10.9 Å². The van der Waals surface area contributed by atoms with Gasteiger partial charge in [-0.2, -0.15) is 5.10 Å². The highest BCUT2D eigenvalue weighted by Crippen LogP contribution is 2.49. The maximum absolute atomic E-state index is 12.6. The largest absolute Gasteiger partial charge is 0.311 e. The molecular formula is C20H17BrClN3O. The molecule has 1 aromatic heterocycles. The topological polar surface area (TPSA) is 46.9 Å². The average Bonchev–Trinajstić information content (AvgIpc) is 3.32. The Kier molecular flexibility index (Phi) is 4.83. The van der Waals surface area contributed by atoms with E-state index in [0.29, 0.717) is 12.4 Å². The van der Waals surface area contributed by atoms with E-state index in [4.69, 9.17) is 11.6 Å². The van der Waals surface area contributed by atoms with Crippen LogP contribution >= 0.6 is 27.5 Å². The lowest BCUT2D eigenvalue weighted by atomic mass is 10.1. The molecule has 1 aliphatic carbocycles. The molecule has 4 nitrogen and oxygen atoms in total. The zero-order chi connectivity index (χ0) is 18.1. The summed E-state index contributed by atoms with van der Waals surface area (Å²) in [5.74, 6) is 0.896. The number of nitrogens with zero attached hydrogens (tertiary/aromatic N) is 2. The van der Waals surface area contributed by atoms with E-state index >= 15 is 0 Å². The number of carbonyl (C=O) groups is 1. The fraction of sp³-hybridized carbons (Fsp3) is 0.200. The van der Waals surface area contributed by atoms with E-state index in [0.717, 1.165) is 27.0 Å². The van der Waals surface area contributed by atoms with Gasteiger partial charge in [-0.05, 0) is 41.7 Å². The number of carbonyl (C=O) groups excluding carboxylic acids is 1. The number of rotatable bonds is 5. The van der Waals surface area contributed by atoms with Gasteiger partial charge in [0.05, 0.1) is 12.7 Å². The standard InChI is InChI=1S/C20H17BrClN3O/c21-14-7-5-13(6-8-14)12-25-19(9-10-23-25)24-20(26)17-11-16(17)15-3-1-2-4-18(15)22/h1-10,16-17H,11-12H2,(H,24,26). The number of benzene rings is 2. The molecule has 1 amide bonds. The maximum atomic E-state index is 12.6. The molecule has 0 aliphatic heterocycles. The van der Waals surface area contributed by atoms with Crippen LogP contribution in [0.2, 0.25) is 5.02 Å². The van der Waals surface area contributed by atoms with Gasteiger partial charge in [0.15, 0.2) is 0 Å². The Labute approximate surface area is 165 Å². The lowest BCUT2D eigenvalue weighted by Gasteiger charge is -2.09. The normalized spacial score (nSPS) is 18.5. The van der Waals surface area contributed by atoms with Crippen LogP contribution < -0.4 is 5.32 Å². The fourth-order valence-electron chi connectivity index (χ4n) is 3.15. The maximum Gasteiger partial charge on any atom is 0.229 e. The molecule has 4 rings (SSSR count). The van der Waals surface area contributed by atoms with Crippen molar-refractivity contribution < 1.29 is 4.79 Å². The number of halogens is 2. The third-order valence-electron chi connectivity index (χ3n) is 4.65. The lowest BCUT2D eigenvalue weighted by molar-refractivity contribution is -0.117. The predicted molar refractivity (Wildman–Crippen MR) is 106 cm³/mol. The highest BCUT2D eigenvalue weighted by Gasteiger charge is 2.45. The summed E-state index contributed by atoms with van der Waals surface area (Å²) in [6.07, 6.45) is 2.53. The van der Waals surface area contributed by atoms with Crippen LogP contribution in [0.25, 0.3) is 0 Å². The summed E-state index contributed by atoms with van der Waals surface area (Å²) < 4.78 is 2.84. The van der Waals surface area contributed by atoms with Gasteiger partial charge in [-0.15, -0.1) is 0 Å². The second kappa shape index (κ2) is 7.25. The number of nitrogens with one attached hydrogen (secondary N) is 1. The Morgan fingerprint density at radius 3 is 2.73 bits per heavy atom. The third kappa shape index (κ3) is 3.69. The van der Waals surface area contributed by atoms with Crippen LogP contribution in [0.5, 0.6) is 0 Å². The zero-order valence-corrected chi connectivity index (χ0v) is 16.2. The van der Waals surface area contributed by atoms with Crippen molar-refractivity contribution in [3.05, 3.63) is 81.4 Å². The molecule has 0 saturated heterocycles. The van der Waals surface area contributed by atoms with Gasteiger partial charge in [-0.3, -0.25) is 4.79 Å². The molecule has 1 aliphatic rings. The van der Waals surface area contributed by atoms with Crippen LogP contribution in [0.1, 0.15) is 23.5 Å². The van der Waals surface area contributed by atoms with Gasteiger partial charge in [-0.1, -0.05) is 57.9 Å². The summed E-state index contributed by atoms with van der Waals surface area (Å²) in [6.45, 7) is 0.606. The minimum atomic E-state index is -0.0362. The molecule has 6 heteroatoms. The smallest absolute Gasteiger partial charge is 0.229 e. The Bertz CT molecular complexity index is 938. The van der Waals surface area contributed by atoms with E-state index in [1.807, 2.05) is 54.6 Å². The van der Waals surface area contributed by atoms with Crippen molar-refractivity contribution in [2.45, 2.75) is 18.9 Å². The quantitative estimate of drug-likeness (QED) is 0.613. The molecule has 1 fully saturated rings. The predicted octanol–water partition coefficient (Wildman–Crippen LogP) is 5.09. The van der Waals surface area contributed by atoms with Gasteiger partial charge in [0.1, 0.15) is 5.82 Å². The molecule has 132 valence electrons. The van der Waals surface area contributed by atoms with E-state index in [2.05, 4.69) is 26.3 Å². The number of aromatic nitrogens is 2. The number of hydrogen-bond acceptors (Lipinski definition) is 2. The summed E-state index contributed by atoms with van der Waals surface area (Å²) in [6, 6.07) is 17.6. The second-order valence-electron chi connectivity index (χ2n) is 6.46. The highest BCUT2D eigenvalue weighted by molar-refractivity contribution is 9.10. The first-order valence-corrected chi connectivity index (χ1v) is 9.60. The van der Waals surface area contributed by atoms with Crippen molar-refractivity contribution in [2.75, 3.05) is 5.32 Å². The SMILES string of the molecule is O=C(Nc1ccnn1Cc1ccc(Br)cc1)C1CC1c1ccccc1Cl. The van der Waals surface area contributed by atoms with Crippen molar-refractivity contribution in [1.29, 1.82) is 0 Å². The van der Waals surface area contributed by atoms with E-state index in [-0.39, 0.29) is 17.7 Å². The zero-order valence-electron chi connectivity index (χ0n) is 13.9. The molecule has 0 radical (unpaired) electrons. The Morgan fingerprint density at radius 2 is 1.96 bits per heavy atom. The minimum Gasteiger partial charge on any atom is -0.311 e. The number of hydrogen-bond donors (Lipinski definition) is 1. The van der Waals surface area contributed by atoms with E-state index < -0.39 is 0 Å². The molecule has 0 bridgehead atoms. The van der Waals surface area contributed by atoms with Gasteiger partial charge in [0.2, 0.25) is 5.91 Å². The molecule has 3 aromatic rings. The monoisotopic (exact) mass is 429 g/mol. The fourth-order valence-corrected chi connectivity index (χ4v) is 3.69. The Morgan fingerprint density at radius 1 is 1.19 bits per heavy atom. The van der Waals surface area contributed by atoms with E-state index in [9.17, 15) is 4.79 Å². The van der Waals surface area contributed by atoms with Gasteiger partial charge >= 0.3 is 0 Å². The highest BCUT2D eigenvalue weighted by atomic mass is 79.9. The van der Waals surface area contributed by atoms with Gasteiger partial charge in [-0.25, -0.2) is 4.68 Å². The summed E-state index contributed by atoms with van der Waals surface area (Å²) in [5, 5.41) is 8.07. The van der Waals surface area contributed by atoms with Crippen LogP contribution in [-0.4, -0.2) is 15.7 Å². The van der Waals surface area contributed by atoms with Crippen LogP contribution in [0.3, 0.4) is 0 Å². The number of amides is 1. The number of anilines is 1. The summed E-state index contributed by atoms with van der Waals surface area (Å²) >= 11 is 9.68. The van der Waals surface area contributed by atoms with Crippen molar-refractivity contribution >= 4 is 39.3 Å². The molecule has 1 heterocycles. The summed E-state index contributed by atoms with van der Waals surface area (Å²) in [7, 11) is 0. The van der Waals surface area contributed by atoms with Gasteiger partial charge in [0.25, 0.3) is 0 Å². The first kappa shape index (κ1) is 17.3. The minimum absolute atomic E-state index is 0.0208. The second-order valence-corrected chi connectivity index (χ2v) is 7.78. The summed E-state index contributed by atoms with van der Waals surface area (Å²) in [5.41, 5.74) is 2.17. The molecule has 2 atom stereocenters. The van der Waals surface area contributed by atoms with Crippen molar-refractivity contribution in [3.8, 4) is 0 Å². The van der Waals surface area contributed by atoms with Crippen LogP contribution in [0.4, 0.5) is 5.82 Å². The molecule has 0 spiro atoms. The summed E-state index contributed by atoms with van der Waals surface area (Å²) in [4.78, 5) is 12.6. The molecular weight excluding hydrogens is 414 g/mol. The molecule has 1 N–H and O–H groups in total. The van der Waals surface area contributed by atoms with Crippen molar-refractivity contribution in [2.24, 2.45) is 5.92 Å². The van der Waals surface area contributed by atoms with Crippen LogP contribution in [-0.2, 0) is 11.3 Å². The first-order valence-electron chi connectivity index (χ1n) is 8.43. The van der Waals surface area contributed by atoms with Gasteiger partial charge in [0, 0.05) is 21.5 Å². The lowest BCUT2D eigenvalue weighted by Crippen LogP contribution is -2.18. The van der Waals surface area contributed by atoms with Crippen LogP contribution in [0.15, 0.2) is 65.3 Å². The average molecular weight is 431 g/mol. The molecule has 1 saturated carbocycles. The Balaban J connectivity index is 1.42. The molecule has 26 heavy (non-hydrogen) atoms. The first-order chi connectivity index (χ1) is 12.6. The van der Waals surface area contributed by atoms with Gasteiger partial charge < -0.3 is 5.32 Å². The van der Waals surface area contributed by atoms with E-state index in [1.165, 1.54) is 0 Å². The van der Waals surface area contributed by atoms with Crippen molar-refractivity contribution in [1.82, 2.24) is 9.78 Å². The Hall–Kier alpha value is -2.11. The van der Waals surface area contributed by atoms with Crippen molar-refractivity contribution in [3.63, 3.8) is 0 Å². The van der Waals surface area contributed by atoms with Crippen LogP contribution in [0, 0.1) is 5.92 Å². The molecule has 2 aromatic carbocycles. The third-order valence-corrected chi connectivity index (χ3v) is 5.52. The molecule has 2 unspecified atom stereocenters.